The van der Waals surface area contributed by atoms with Crippen LogP contribution >= 0.6 is 23.1 Å². The maximum Gasteiger partial charge on any atom is 0.191 e. The normalized spacial score (nSPS) is 10.9. The van der Waals surface area contributed by atoms with Crippen molar-refractivity contribution in [3.8, 4) is 16.3 Å². The first-order chi connectivity index (χ1) is 11.2. The Bertz CT molecular complexity index is 799. The van der Waals surface area contributed by atoms with Crippen LogP contribution in [0, 0.1) is 0 Å². The molecule has 0 amide bonds. The van der Waals surface area contributed by atoms with E-state index in [0.717, 1.165) is 33.1 Å². The molecule has 2 N–H and O–H groups in total. The van der Waals surface area contributed by atoms with Gasteiger partial charge in [0.1, 0.15) is 16.6 Å². The second-order valence-corrected chi connectivity index (χ2v) is 6.84. The lowest BCUT2D eigenvalue weighted by molar-refractivity contribution is 0.416. The van der Waals surface area contributed by atoms with Gasteiger partial charge in [0, 0.05) is 23.9 Å². The molecule has 0 fully saturated rings. The quantitative estimate of drug-likeness (QED) is 0.691. The van der Waals surface area contributed by atoms with E-state index in [1.54, 1.807) is 30.2 Å². The summed E-state index contributed by atoms with van der Waals surface area (Å²) in [6.07, 6.45) is 1.90. The van der Waals surface area contributed by atoms with E-state index in [1.807, 2.05) is 42.1 Å². The standard InChI is InChI=1S/C15H17N5OS2/c1-20-13(7-16)18-19-15(20)22-9-10-8-17-14(23-10)11-5-3-4-6-12(11)21-2/h3-6,8H,7,9,16H2,1-2H3. The van der Waals surface area contributed by atoms with Gasteiger partial charge in [-0.1, -0.05) is 23.9 Å². The molecule has 0 unspecified atom stereocenters. The minimum atomic E-state index is 0.391. The molecule has 2 heterocycles. The molecular formula is C15H17N5OS2. The summed E-state index contributed by atoms with van der Waals surface area (Å²) in [5.74, 6) is 2.41. The van der Waals surface area contributed by atoms with E-state index in [9.17, 15) is 0 Å². The van der Waals surface area contributed by atoms with Gasteiger partial charge in [0.25, 0.3) is 0 Å². The van der Waals surface area contributed by atoms with Crippen molar-refractivity contribution < 1.29 is 4.74 Å². The van der Waals surface area contributed by atoms with Gasteiger partial charge in [-0.2, -0.15) is 0 Å². The molecule has 0 aliphatic carbocycles. The van der Waals surface area contributed by atoms with Crippen molar-refractivity contribution >= 4 is 23.1 Å². The highest BCUT2D eigenvalue weighted by atomic mass is 32.2. The third-order valence-corrected chi connectivity index (χ3v) is 5.62. The predicted octanol–water partition coefficient (Wildman–Crippen LogP) is 2.70. The Balaban J connectivity index is 1.73. The van der Waals surface area contributed by atoms with Gasteiger partial charge in [-0.05, 0) is 12.1 Å². The number of nitrogens with zero attached hydrogens (tertiary/aromatic N) is 4. The Morgan fingerprint density at radius 2 is 2.13 bits per heavy atom. The third-order valence-electron chi connectivity index (χ3n) is 3.34. The van der Waals surface area contributed by atoms with Crippen LogP contribution in [0.15, 0.2) is 35.6 Å². The summed E-state index contributed by atoms with van der Waals surface area (Å²) in [5.41, 5.74) is 6.63. The minimum Gasteiger partial charge on any atom is -0.496 e. The molecule has 0 atom stereocenters. The van der Waals surface area contributed by atoms with Crippen LogP contribution in [0.4, 0.5) is 0 Å². The predicted molar refractivity (Wildman–Crippen MR) is 92.6 cm³/mol. The van der Waals surface area contributed by atoms with Crippen LogP contribution in [0.25, 0.3) is 10.6 Å². The molecule has 2 aromatic heterocycles. The summed E-state index contributed by atoms with van der Waals surface area (Å²) in [6.45, 7) is 0.391. The van der Waals surface area contributed by atoms with Gasteiger partial charge in [-0.3, -0.25) is 0 Å². The lowest BCUT2D eigenvalue weighted by Gasteiger charge is -2.04. The fourth-order valence-electron chi connectivity index (χ4n) is 2.10. The maximum atomic E-state index is 5.61. The van der Waals surface area contributed by atoms with E-state index >= 15 is 0 Å². The first kappa shape index (κ1) is 16.0. The summed E-state index contributed by atoms with van der Waals surface area (Å²) < 4.78 is 7.32. The summed E-state index contributed by atoms with van der Waals surface area (Å²) in [6, 6.07) is 7.90. The molecule has 0 saturated heterocycles. The average Bonchev–Trinajstić information content (AvgIpc) is 3.19. The van der Waals surface area contributed by atoms with Gasteiger partial charge in [0.2, 0.25) is 0 Å². The number of hydrogen-bond acceptors (Lipinski definition) is 7. The molecule has 1 aromatic carbocycles. The van der Waals surface area contributed by atoms with Gasteiger partial charge >= 0.3 is 0 Å². The summed E-state index contributed by atoms with van der Waals surface area (Å²) in [4.78, 5) is 5.69. The molecule has 0 bridgehead atoms. The summed E-state index contributed by atoms with van der Waals surface area (Å²) in [5, 5.41) is 10.0. The maximum absolute atomic E-state index is 5.61. The highest BCUT2D eigenvalue weighted by Gasteiger charge is 2.12. The Labute approximate surface area is 142 Å². The number of ether oxygens (including phenoxy) is 1. The van der Waals surface area contributed by atoms with Gasteiger partial charge in [-0.15, -0.1) is 21.5 Å². The number of para-hydroxylation sites is 1. The number of thioether (sulfide) groups is 1. The van der Waals surface area contributed by atoms with Gasteiger partial charge in [0.15, 0.2) is 5.16 Å². The fourth-order valence-corrected chi connectivity index (χ4v) is 4.00. The molecule has 3 rings (SSSR count). The molecule has 0 saturated carbocycles. The van der Waals surface area contributed by atoms with Crippen LogP contribution in [0.2, 0.25) is 0 Å². The van der Waals surface area contributed by atoms with E-state index < -0.39 is 0 Å². The van der Waals surface area contributed by atoms with E-state index in [-0.39, 0.29) is 0 Å². The number of hydrogen-bond donors (Lipinski definition) is 1. The second-order valence-electron chi connectivity index (χ2n) is 4.78. The van der Waals surface area contributed by atoms with Crippen LogP contribution in [-0.2, 0) is 19.3 Å². The molecule has 6 nitrogen and oxygen atoms in total. The van der Waals surface area contributed by atoms with Gasteiger partial charge < -0.3 is 15.0 Å². The average molecular weight is 347 g/mol. The zero-order valence-corrected chi connectivity index (χ0v) is 14.5. The monoisotopic (exact) mass is 347 g/mol. The van der Waals surface area contributed by atoms with Crippen LogP contribution < -0.4 is 10.5 Å². The van der Waals surface area contributed by atoms with Gasteiger partial charge in [0.05, 0.1) is 19.2 Å². The highest BCUT2D eigenvalue weighted by Crippen LogP contribution is 2.34. The Morgan fingerprint density at radius 1 is 1.30 bits per heavy atom. The molecule has 8 heteroatoms. The van der Waals surface area contributed by atoms with Crippen LogP contribution in [0.5, 0.6) is 5.75 Å². The van der Waals surface area contributed by atoms with Crippen molar-refractivity contribution in [1.82, 2.24) is 19.7 Å². The molecule has 23 heavy (non-hydrogen) atoms. The lowest BCUT2D eigenvalue weighted by Crippen LogP contribution is -2.05. The SMILES string of the molecule is COc1ccccc1-c1ncc(CSc2nnc(CN)n2C)s1. The fraction of sp³-hybridized carbons (Fsp3) is 0.267. The van der Waals surface area contributed by atoms with E-state index in [2.05, 4.69) is 15.2 Å². The molecule has 120 valence electrons. The first-order valence-corrected chi connectivity index (χ1v) is 8.82. The number of benzene rings is 1. The lowest BCUT2D eigenvalue weighted by atomic mass is 10.2. The zero-order valence-electron chi connectivity index (χ0n) is 12.9. The van der Waals surface area contributed by atoms with Crippen molar-refractivity contribution in [2.75, 3.05) is 7.11 Å². The third kappa shape index (κ3) is 3.39. The van der Waals surface area contributed by atoms with E-state index in [0.29, 0.717) is 6.54 Å². The number of thiazole rings is 1. The molecule has 3 aromatic rings. The van der Waals surface area contributed by atoms with Crippen LogP contribution in [0.3, 0.4) is 0 Å². The number of methoxy groups -OCH3 is 1. The smallest absolute Gasteiger partial charge is 0.191 e. The van der Waals surface area contributed by atoms with E-state index in [4.69, 9.17) is 10.5 Å². The van der Waals surface area contributed by atoms with Crippen molar-refractivity contribution in [2.24, 2.45) is 12.8 Å². The molecule has 0 aliphatic rings. The molecule has 0 spiro atoms. The molecule has 0 aliphatic heterocycles. The Kier molecular flexibility index (Phi) is 4.94. The van der Waals surface area contributed by atoms with Crippen LogP contribution in [0.1, 0.15) is 10.7 Å². The zero-order chi connectivity index (χ0) is 16.2. The second kappa shape index (κ2) is 7.12. The molecular weight excluding hydrogens is 330 g/mol. The summed E-state index contributed by atoms with van der Waals surface area (Å²) >= 11 is 3.29. The van der Waals surface area contributed by atoms with Crippen molar-refractivity contribution in [3.05, 3.63) is 41.2 Å². The Hall–Kier alpha value is -1.90. The minimum absolute atomic E-state index is 0.391. The van der Waals surface area contributed by atoms with Crippen LogP contribution in [-0.4, -0.2) is 26.9 Å². The number of rotatable bonds is 6. The first-order valence-electron chi connectivity index (χ1n) is 7.02. The summed E-state index contributed by atoms with van der Waals surface area (Å²) in [7, 11) is 3.60. The topological polar surface area (TPSA) is 78.8 Å². The highest BCUT2D eigenvalue weighted by molar-refractivity contribution is 7.98. The number of nitrogens with two attached hydrogens (primary N) is 1. The van der Waals surface area contributed by atoms with E-state index in [1.165, 1.54) is 4.88 Å². The van der Waals surface area contributed by atoms with Crippen molar-refractivity contribution in [3.63, 3.8) is 0 Å². The molecule has 0 radical (unpaired) electrons. The van der Waals surface area contributed by atoms with Crippen molar-refractivity contribution in [1.29, 1.82) is 0 Å². The number of aromatic nitrogens is 4. The Morgan fingerprint density at radius 3 is 2.87 bits per heavy atom. The largest absolute Gasteiger partial charge is 0.496 e. The van der Waals surface area contributed by atoms with Crippen molar-refractivity contribution in [2.45, 2.75) is 17.5 Å². The van der Waals surface area contributed by atoms with Gasteiger partial charge in [-0.25, -0.2) is 4.98 Å².